The second kappa shape index (κ2) is 4.22. The van der Waals surface area contributed by atoms with Crippen LogP contribution in [0.15, 0.2) is 11.1 Å². The second-order valence-electron chi connectivity index (χ2n) is 9.74. The van der Waals surface area contributed by atoms with Crippen LogP contribution in [-0.4, -0.2) is 57.9 Å². The minimum atomic E-state index is -1.30. The Morgan fingerprint density at radius 2 is 1.96 bits per heavy atom. The predicted molar refractivity (Wildman–Crippen MR) is 89.1 cm³/mol. The number of aliphatic hydroxyl groups excluding tert-OH is 1. The Labute approximate surface area is 152 Å². The molecule has 6 heteroatoms. The van der Waals surface area contributed by atoms with E-state index in [9.17, 15) is 15.0 Å². The number of carbonyl (C=O) groups excluding carboxylic acids is 1. The summed E-state index contributed by atoms with van der Waals surface area (Å²) >= 11 is 0. The highest BCUT2D eigenvalue weighted by atomic mass is 16.7. The van der Waals surface area contributed by atoms with Gasteiger partial charge in [-0.2, -0.15) is 0 Å². The van der Waals surface area contributed by atoms with Gasteiger partial charge in [0.05, 0.1) is 0 Å². The molecule has 0 aromatic heterocycles. The van der Waals surface area contributed by atoms with Crippen molar-refractivity contribution >= 4 is 5.97 Å². The molecule has 6 nitrogen and oxygen atoms in total. The van der Waals surface area contributed by atoms with Crippen molar-refractivity contribution in [2.45, 2.75) is 81.6 Å². The van der Waals surface area contributed by atoms with Crippen LogP contribution in [-0.2, 0) is 19.0 Å². The van der Waals surface area contributed by atoms with Crippen molar-refractivity contribution in [3.8, 4) is 0 Å². The third-order valence-corrected chi connectivity index (χ3v) is 8.81. The van der Waals surface area contributed by atoms with Crippen molar-refractivity contribution in [3.05, 3.63) is 11.1 Å². The van der Waals surface area contributed by atoms with Crippen molar-refractivity contribution < 1.29 is 29.2 Å². The van der Waals surface area contributed by atoms with Gasteiger partial charge in [-0.25, -0.2) is 4.79 Å². The maximum absolute atomic E-state index is 12.0. The fourth-order valence-corrected chi connectivity index (χ4v) is 7.39. The van der Waals surface area contributed by atoms with E-state index in [0.717, 1.165) is 24.0 Å². The van der Waals surface area contributed by atoms with Crippen molar-refractivity contribution in [2.75, 3.05) is 6.61 Å². The van der Waals surface area contributed by atoms with Crippen LogP contribution in [0.5, 0.6) is 0 Å². The van der Waals surface area contributed by atoms with Gasteiger partial charge in [-0.05, 0) is 43.1 Å². The van der Waals surface area contributed by atoms with Crippen molar-refractivity contribution in [3.63, 3.8) is 0 Å². The number of esters is 1. The van der Waals surface area contributed by atoms with Gasteiger partial charge in [-0.15, -0.1) is 0 Å². The van der Waals surface area contributed by atoms with Crippen molar-refractivity contribution in [1.29, 1.82) is 0 Å². The summed E-state index contributed by atoms with van der Waals surface area (Å²) in [7, 11) is 0. The first-order valence-electron chi connectivity index (χ1n) is 9.89. The van der Waals surface area contributed by atoms with Crippen molar-refractivity contribution in [2.24, 2.45) is 17.3 Å². The number of hydrogen-bond acceptors (Lipinski definition) is 6. The highest BCUT2D eigenvalue weighted by molar-refractivity contribution is 5.92. The molecule has 0 aromatic carbocycles. The lowest BCUT2D eigenvalue weighted by Crippen LogP contribution is -2.73. The zero-order valence-corrected chi connectivity index (χ0v) is 15.4. The maximum atomic E-state index is 12.0. The van der Waals surface area contributed by atoms with E-state index < -0.39 is 22.9 Å². The van der Waals surface area contributed by atoms with Crippen LogP contribution in [0, 0.1) is 17.3 Å². The Morgan fingerprint density at radius 1 is 1.19 bits per heavy atom. The van der Waals surface area contributed by atoms with E-state index in [4.69, 9.17) is 14.2 Å². The molecule has 3 aliphatic carbocycles. The van der Waals surface area contributed by atoms with Crippen LogP contribution in [0.25, 0.3) is 0 Å². The molecule has 0 bridgehead atoms. The first-order chi connectivity index (χ1) is 12.2. The Bertz CT molecular complexity index is 774. The van der Waals surface area contributed by atoms with Gasteiger partial charge in [-0.1, -0.05) is 20.8 Å². The molecule has 6 rings (SSSR count). The average Bonchev–Trinajstić information content (AvgIpc) is 3.46. The van der Waals surface area contributed by atoms with Gasteiger partial charge in [-0.3, -0.25) is 0 Å². The van der Waals surface area contributed by atoms with Gasteiger partial charge < -0.3 is 24.4 Å². The van der Waals surface area contributed by atoms with Crippen LogP contribution >= 0.6 is 0 Å². The summed E-state index contributed by atoms with van der Waals surface area (Å²) in [5.74, 6) is 0.0860. The minimum Gasteiger partial charge on any atom is -0.458 e. The third kappa shape index (κ3) is 1.32. The lowest BCUT2D eigenvalue weighted by Gasteiger charge is -2.59. The van der Waals surface area contributed by atoms with E-state index in [1.807, 2.05) is 13.8 Å². The molecule has 0 aromatic rings. The smallest absolute Gasteiger partial charge is 0.334 e. The third-order valence-electron chi connectivity index (χ3n) is 8.81. The topological polar surface area (TPSA) is 91.8 Å². The van der Waals surface area contributed by atoms with Crippen LogP contribution in [0.1, 0.15) is 46.5 Å². The lowest BCUT2D eigenvalue weighted by atomic mass is 9.45. The maximum Gasteiger partial charge on any atom is 0.334 e. The number of hydrogen-bond donors (Lipinski definition) is 2. The normalized spacial score (nSPS) is 59.1. The highest BCUT2D eigenvalue weighted by Gasteiger charge is 2.93. The molecule has 2 saturated carbocycles. The van der Waals surface area contributed by atoms with Gasteiger partial charge in [0.25, 0.3) is 0 Å². The largest absolute Gasteiger partial charge is 0.458 e. The molecule has 0 radical (unpaired) electrons. The molecule has 26 heavy (non-hydrogen) atoms. The quantitative estimate of drug-likeness (QED) is 0.536. The number of fused-ring (bicyclic) bond motifs is 4. The molecule has 1 spiro atoms. The number of rotatable bonds is 1. The summed E-state index contributed by atoms with van der Waals surface area (Å²) in [4.78, 5) is 12.0. The van der Waals surface area contributed by atoms with Gasteiger partial charge in [0.2, 0.25) is 0 Å². The number of epoxide rings is 2. The molecule has 0 unspecified atom stereocenters. The summed E-state index contributed by atoms with van der Waals surface area (Å²) in [5, 5.41) is 23.1. The Balaban J connectivity index is 1.48. The van der Waals surface area contributed by atoms with Crippen LogP contribution in [0.3, 0.4) is 0 Å². The Hall–Kier alpha value is -0.950. The molecule has 2 N–H and O–H groups in total. The Kier molecular flexibility index (Phi) is 2.60. The van der Waals surface area contributed by atoms with E-state index in [1.54, 1.807) is 0 Å². The van der Waals surface area contributed by atoms with E-state index in [-0.39, 0.29) is 35.4 Å². The van der Waals surface area contributed by atoms with Gasteiger partial charge in [0, 0.05) is 11.0 Å². The van der Waals surface area contributed by atoms with E-state index in [2.05, 4.69) is 6.92 Å². The van der Waals surface area contributed by atoms with Crippen LogP contribution in [0.4, 0.5) is 0 Å². The van der Waals surface area contributed by atoms with Gasteiger partial charge in [0.1, 0.15) is 41.7 Å². The lowest BCUT2D eigenvalue weighted by molar-refractivity contribution is -0.217. The first kappa shape index (κ1) is 16.0. The summed E-state index contributed by atoms with van der Waals surface area (Å²) < 4.78 is 17.7. The molecule has 0 amide bonds. The monoisotopic (exact) mass is 362 g/mol. The number of aliphatic hydroxyl groups is 2. The van der Waals surface area contributed by atoms with Crippen molar-refractivity contribution in [1.82, 2.24) is 0 Å². The molecular weight excluding hydrogens is 336 g/mol. The zero-order valence-electron chi connectivity index (χ0n) is 15.4. The van der Waals surface area contributed by atoms with E-state index in [0.29, 0.717) is 19.4 Å². The average molecular weight is 362 g/mol. The molecule has 6 aliphatic rings. The molecule has 142 valence electrons. The fraction of sp³-hybridized carbons (Fsp3) is 0.850. The number of ether oxygens (including phenoxy) is 3. The highest BCUT2D eigenvalue weighted by Crippen LogP contribution is 2.77. The minimum absolute atomic E-state index is 0.112. The first-order valence-corrected chi connectivity index (χ1v) is 9.89. The molecule has 3 aliphatic heterocycles. The Morgan fingerprint density at radius 3 is 2.69 bits per heavy atom. The summed E-state index contributed by atoms with van der Waals surface area (Å²) in [5.41, 5.74) is -1.17. The molecular formula is C20H26O6. The number of carbonyl (C=O) groups is 1. The molecule has 4 fully saturated rings. The zero-order chi connectivity index (χ0) is 18.3. The summed E-state index contributed by atoms with van der Waals surface area (Å²) in [6.45, 7) is 6.61. The van der Waals surface area contributed by atoms with Crippen LogP contribution < -0.4 is 0 Å². The van der Waals surface area contributed by atoms with Gasteiger partial charge in [0.15, 0.2) is 0 Å². The molecule has 8 atom stereocenters. The molecule has 3 heterocycles. The predicted octanol–water partition coefficient (Wildman–Crippen LogP) is 1.09. The van der Waals surface area contributed by atoms with E-state index >= 15 is 0 Å². The van der Waals surface area contributed by atoms with Gasteiger partial charge >= 0.3 is 5.97 Å². The summed E-state index contributed by atoms with van der Waals surface area (Å²) in [6.07, 6.45) is 1.34. The SMILES string of the molecule is CC(C)[C@]12O[C@H]1[C@@H]1O[C@@]13[C@@]1(C)CCC4=C(COC4=O)[C@@H]1CC[C@@]3(O)[C@@H]2O. The second-order valence-corrected chi connectivity index (χ2v) is 9.74. The van der Waals surface area contributed by atoms with E-state index in [1.165, 1.54) is 0 Å². The summed E-state index contributed by atoms with van der Waals surface area (Å²) in [6, 6.07) is 0. The van der Waals surface area contributed by atoms with Crippen LogP contribution in [0.2, 0.25) is 0 Å². The fourth-order valence-electron chi connectivity index (χ4n) is 7.39. The number of cyclic esters (lactones) is 1. The standard InChI is InChI=1S/C20H26O6/c1-9(2)19-13(25-19)14-20(26-14)17(3)6-4-10-11(8-24-15(10)21)12(17)5-7-18(20,23)16(19)22/h9,12-14,16,22-23H,4-8H2,1-3H3/t12-,13-,14-,16-,17-,18+,19-,20+/m0/s1. The molecule has 2 saturated heterocycles.